The number of hydrogen-bond acceptors (Lipinski definition) is 3. The molecule has 2 N–H and O–H groups in total. The van der Waals surface area contributed by atoms with Gasteiger partial charge < -0.3 is 10.2 Å². The molecule has 0 radical (unpaired) electrons. The molecule has 0 fully saturated rings. The van der Waals surface area contributed by atoms with E-state index in [9.17, 15) is 8.78 Å². The number of oxazole rings is 1. The summed E-state index contributed by atoms with van der Waals surface area (Å²) in [5.41, 5.74) is 9.31. The Labute approximate surface area is 114 Å². The number of nitrogens with two attached hydrogens (primary N) is 1. The lowest BCUT2D eigenvalue weighted by Gasteiger charge is -2.02. The monoisotopic (exact) mass is 274 g/mol. The van der Waals surface area contributed by atoms with Crippen LogP contribution in [0.2, 0.25) is 0 Å². The van der Waals surface area contributed by atoms with Crippen molar-refractivity contribution in [2.24, 2.45) is 0 Å². The van der Waals surface area contributed by atoms with Gasteiger partial charge in [0.25, 0.3) is 0 Å². The third-order valence-corrected chi connectivity index (χ3v) is 3.14. The maximum Gasteiger partial charge on any atom is 0.229 e. The van der Waals surface area contributed by atoms with Crippen LogP contribution in [0.1, 0.15) is 11.1 Å². The topological polar surface area (TPSA) is 52.0 Å². The second kappa shape index (κ2) is 4.30. The molecule has 0 aliphatic carbocycles. The third kappa shape index (κ3) is 1.91. The molecule has 1 aromatic heterocycles. The molecule has 20 heavy (non-hydrogen) atoms. The molecule has 5 heteroatoms. The van der Waals surface area contributed by atoms with E-state index in [-0.39, 0.29) is 17.1 Å². The summed E-state index contributed by atoms with van der Waals surface area (Å²) in [6, 6.07) is 5.76. The zero-order chi connectivity index (χ0) is 14.4. The highest BCUT2D eigenvalue weighted by molar-refractivity contribution is 5.82. The lowest BCUT2D eigenvalue weighted by atomic mass is 10.1. The largest absolute Gasteiger partial charge is 0.436 e. The third-order valence-electron chi connectivity index (χ3n) is 3.14. The summed E-state index contributed by atoms with van der Waals surface area (Å²) in [5, 5.41) is 0. The molecule has 102 valence electrons. The van der Waals surface area contributed by atoms with Gasteiger partial charge >= 0.3 is 0 Å². The summed E-state index contributed by atoms with van der Waals surface area (Å²) in [7, 11) is 0. The van der Waals surface area contributed by atoms with Crippen LogP contribution in [0.5, 0.6) is 0 Å². The fraction of sp³-hybridized carbons (Fsp3) is 0.133. The zero-order valence-electron chi connectivity index (χ0n) is 11.0. The number of aryl methyl sites for hydroxylation is 2. The van der Waals surface area contributed by atoms with Crippen LogP contribution in [0.3, 0.4) is 0 Å². The smallest absolute Gasteiger partial charge is 0.229 e. The minimum Gasteiger partial charge on any atom is -0.436 e. The lowest BCUT2D eigenvalue weighted by molar-refractivity contribution is 0.508. The molecule has 3 rings (SSSR count). The number of hydrogen-bond donors (Lipinski definition) is 1. The predicted molar refractivity (Wildman–Crippen MR) is 73.2 cm³/mol. The summed E-state index contributed by atoms with van der Waals surface area (Å²) in [6.45, 7) is 3.85. The van der Waals surface area contributed by atoms with Crippen molar-refractivity contribution < 1.29 is 13.2 Å². The van der Waals surface area contributed by atoms with Gasteiger partial charge in [0.2, 0.25) is 5.89 Å². The predicted octanol–water partition coefficient (Wildman–Crippen LogP) is 3.97. The second-order valence-electron chi connectivity index (χ2n) is 4.80. The summed E-state index contributed by atoms with van der Waals surface area (Å²) in [4.78, 5) is 4.30. The second-order valence-corrected chi connectivity index (χ2v) is 4.80. The lowest BCUT2D eigenvalue weighted by Crippen LogP contribution is -1.94. The maximum atomic E-state index is 13.3. The Morgan fingerprint density at radius 3 is 2.50 bits per heavy atom. The van der Waals surface area contributed by atoms with E-state index in [2.05, 4.69) is 4.98 Å². The standard InChI is InChI=1S/C15H12F2N2O/c1-7-3-8(2)14-13(4-7)19-15(20-14)9-5-10(16)11(17)6-12(9)18/h3-6H,18H2,1-2H3. The number of nitrogen functional groups attached to an aromatic ring is 1. The maximum absolute atomic E-state index is 13.3. The normalized spacial score (nSPS) is 11.2. The van der Waals surface area contributed by atoms with Gasteiger partial charge in [-0.3, -0.25) is 0 Å². The summed E-state index contributed by atoms with van der Waals surface area (Å²) >= 11 is 0. The van der Waals surface area contributed by atoms with Gasteiger partial charge in [-0.1, -0.05) is 6.07 Å². The highest BCUT2D eigenvalue weighted by Gasteiger charge is 2.16. The summed E-state index contributed by atoms with van der Waals surface area (Å²) in [5.74, 6) is -1.79. The van der Waals surface area contributed by atoms with Gasteiger partial charge in [-0.25, -0.2) is 13.8 Å². The highest BCUT2D eigenvalue weighted by atomic mass is 19.2. The van der Waals surface area contributed by atoms with Crippen LogP contribution in [0.4, 0.5) is 14.5 Å². The number of halogens is 2. The van der Waals surface area contributed by atoms with Gasteiger partial charge in [0.05, 0.1) is 5.56 Å². The first-order valence-electron chi connectivity index (χ1n) is 6.08. The van der Waals surface area contributed by atoms with E-state index < -0.39 is 11.6 Å². The number of fused-ring (bicyclic) bond motifs is 1. The van der Waals surface area contributed by atoms with Crippen molar-refractivity contribution in [2.75, 3.05) is 5.73 Å². The van der Waals surface area contributed by atoms with Crippen LogP contribution in [0, 0.1) is 25.5 Å². The minimum absolute atomic E-state index is 0.0878. The van der Waals surface area contributed by atoms with Crippen molar-refractivity contribution in [3.05, 3.63) is 47.0 Å². The number of rotatable bonds is 1. The first-order valence-corrected chi connectivity index (χ1v) is 6.08. The molecule has 0 atom stereocenters. The SMILES string of the molecule is Cc1cc(C)c2oc(-c3cc(F)c(F)cc3N)nc2c1. The fourth-order valence-electron chi connectivity index (χ4n) is 2.24. The molecule has 3 aromatic rings. The fourth-order valence-corrected chi connectivity index (χ4v) is 2.24. The summed E-state index contributed by atoms with van der Waals surface area (Å²) in [6.07, 6.45) is 0. The van der Waals surface area contributed by atoms with Crippen LogP contribution >= 0.6 is 0 Å². The average molecular weight is 274 g/mol. The van der Waals surface area contributed by atoms with Gasteiger partial charge in [-0.15, -0.1) is 0 Å². The molecule has 3 nitrogen and oxygen atoms in total. The van der Waals surface area contributed by atoms with Crippen LogP contribution in [0.25, 0.3) is 22.6 Å². The molecular weight excluding hydrogens is 262 g/mol. The Balaban J connectivity index is 2.25. The van der Waals surface area contributed by atoms with E-state index in [1.165, 1.54) is 0 Å². The Kier molecular flexibility index (Phi) is 2.71. The van der Waals surface area contributed by atoms with Crippen LogP contribution in [-0.2, 0) is 0 Å². The van der Waals surface area contributed by atoms with Crippen molar-refractivity contribution in [1.29, 1.82) is 0 Å². The van der Waals surface area contributed by atoms with Gasteiger partial charge in [0.15, 0.2) is 17.2 Å². The van der Waals surface area contributed by atoms with Crippen molar-refractivity contribution in [3.8, 4) is 11.5 Å². The van der Waals surface area contributed by atoms with E-state index in [4.69, 9.17) is 10.2 Å². The van der Waals surface area contributed by atoms with Crippen LogP contribution in [0.15, 0.2) is 28.7 Å². The minimum atomic E-state index is -0.991. The molecular formula is C15H12F2N2O. The van der Waals surface area contributed by atoms with Crippen LogP contribution < -0.4 is 5.73 Å². The number of benzene rings is 2. The Bertz CT molecular complexity index is 824. The van der Waals surface area contributed by atoms with Crippen molar-refractivity contribution in [2.45, 2.75) is 13.8 Å². The van der Waals surface area contributed by atoms with E-state index in [1.54, 1.807) is 0 Å². The molecule has 2 aromatic carbocycles. The van der Waals surface area contributed by atoms with Gasteiger partial charge in [0.1, 0.15) is 5.52 Å². The molecule has 0 aliphatic heterocycles. The van der Waals surface area contributed by atoms with E-state index in [0.717, 1.165) is 23.3 Å². The molecule has 1 heterocycles. The van der Waals surface area contributed by atoms with Crippen molar-refractivity contribution in [3.63, 3.8) is 0 Å². The Morgan fingerprint density at radius 1 is 1.05 bits per heavy atom. The molecule has 0 spiro atoms. The Morgan fingerprint density at radius 2 is 1.75 bits per heavy atom. The zero-order valence-corrected chi connectivity index (χ0v) is 11.0. The van der Waals surface area contributed by atoms with Crippen LogP contribution in [-0.4, -0.2) is 4.98 Å². The van der Waals surface area contributed by atoms with Gasteiger partial charge in [0, 0.05) is 11.8 Å². The number of nitrogens with zero attached hydrogens (tertiary/aromatic N) is 1. The number of aromatic nitrogens is 1. The van der Waals surface area contributed by atoms with E-state index >= 15 is 0 Å². The quantitative estimate of drug-likeness (QED) is 0.683. The molecule has 0 amide bonds. The van der Waals surface area contributed by atoms with Gasteiger partial charge in [-0.2, -0.15) is 0 Å². The first-order chi connectivity index (χ1) is 9.45. The first kappa shape index (κ1) is 12.6. The highest BCUT2D eigenvalue weighted by Crippen LogP contribution is 2.31. The molecule has 0 saturated carbocycles. The average Bonchev–Trinajstić information content (AvgIpc) is 2.77. The molecule has 0 unspecified atom stereocenters. The molecule has 0 bridgehead atoms. The summed E-state index contributed by atoms with van der Waals surface area (Å²) < 4.78 is 32.1. The van der Waals surface area contributed by atoms with E-state index in [1.807, 2.05) is 26.0 Å². The van der Waals surface area contributed by atoms with Crippen molar-refractivity contribution in [1.82, 2.24) is 4.98 Å². The Hall–Kier alpha value is -2.43. The number of anilines is 1. The van der Waals surface area contributed by atoms with Crippen molar-refractivity contribution >= 4 is 16.8 Å². The van der Waals surface area contributed by atoms with E-state index in [0.29, 0.717) is 11.1 Å². The molecule has 0 saturated heterocycles. The van der Waals surface area contributed by atoms with Gasteiger partial charge in [-0.05, 0) is 37.1 Å². The molecule has 0 aliphatic rings.